The number of fused-ring (bicyclic) bond motifs is 1. The molecule has 2 N–H and O–H groups in total. The molecule has 0 aliphatic heterocycles. The second-order valence-electron chi connectivity index (χ2n) is 4.13. The van der Waals surface area contributed by atoms with Gasteiger partial charge in [0, 0.05) is 5.39 Å². The van der Waals surface area contributed by atoms with Crippen molar-refractivity contribution in [1.29, 1.82) is 0 Å². The molecule has 9 heteroatoms. The van der Waals surface area contributed by atoms with Crippen LogP contribution in [0.25, 0.3) is 10.9 Å². The molecule has 0 atom stereocenters. The van der Waals surface area contributed by atoms with Crippen molar-refractivity contribution < 1.29 is 8.42 Å². The van der Waals surface area contributed by atoms with Crippen molar-refractivity contribution in [2.75, 3.05) is 4.72 Å². The molecule has 0 radical (unpaired) electrons. The highest BCUT2D eigenvalue weighted by atomic mass is 35.5. The number of nitrogens with zero attached hydrogens (tertiary/aromatic N) is 2. The first-order valence-electron chi connectivity index (χ1n) is 5.56. The lowest BCUT2D eigenvalue weighted by atomic mass is 10.2. The number of para-hydroxylation sites is 1. The predicted molar refractivity (Wildman–Crippen MR) is 78.8 cm³/mol. The van der Waals surface area contributed by atoms with E-state index in [1.54, 1.807) is 25.1 Å². The number of halogens is 1. The van der Waals surface area contributed by atoms with E-state index in [9.17, 15) is 8.42 Å². The second kappa shape index (κ2) is 4.72. The average molecular weight is 329 g/mol. The number of benzene rings is 1. The summed E-state index contributed by atoms with van der Waals surface area (Å²) in [5.41, 5.74) is 1.51. The average Bonchev–Trinajstić information content (AvgIpc) is 2.98. The molecule has 20 heavy (non-hydrogen) atoms. The van der Waals surface area contributed by atoms with Crippen LogP contribution in [0.3, 0.4) is 0 Å². The van der Waals surface area contributed by atoms with Crippen LogP contribution in [0.2, 0.25) is 5.15 Å². The molecular weight excluding hydrogens is 320 g/mol. The summed E-state index contributed by atoms with van der Waals surface area (Å²) in [5.74, 6) is 0. The first kappa shape index (κ1) is 13.3. The number of hydrogen-bond donors (Lipinski definition) is 2. The fraction of sp³-hybridized carbons (Fsp3) is 0.0909. The van der Waals surface area contributed by atoms with Gasteiger partial charge < -0.3 is 0 Å². The van der Waals surface area contributed by atoms with Gasteiger partial charge in [0.2, 0.25) is 0 Å². The molecule has 0 fully saturated rings. The van der Waals surface area contributed by atoms with Crippen LogP contribution in [0.4, 0.5) is 5.69 Å². The molecule has 0 aliphatic carbocycles. The maximum Gasteiger partial charge on any atom is 0.273 e. The van der Waals surface area contributed by atoms with Crippen molar-refractivity contribution >= 4 is 49.7 Å². The number of aryl methyl sites for hydroxylation is 1. The highest BCUT2D eigenvalue weighted by Gasteiger charge is 2.19. The van der Waals surface area contributed by atoms with Crippen LogP contribution in [0.1, 0.15) is 5.69 Å². The van der Waals surface area contributed by atoms with Crippen LogP contribution in [-0.2, 0) is 10.0 Å². The number of aromatic nitrogens is 3. The Hall–Kier alpha value is -1.64. The fourth-order valence-corrected chi connectivity index (χ4v) is 3.97. The van der Waals surface area contributed by atoms with E-state index in [0.717, 1.165) is 11.5 Å². The molecule has 2 heterocycles. The van der Waals surface area contributed by atoms with Crippen molar-refractivity contribution in [3.63, 3.8) is 0 Å². The van der Waals surface area contributed by atoms with E-state index >= 15 is 0 Å². The van der Waals surface area contributed by atoms with Gasteiger partial charge in [0.05, 0.1) is 11.4 Å². The van der Waals surface area contributed by atoms with Crippen LogP contribution < -0.4 is 4.72 Å². The number of sulfonamides is 1. The van der Waals surface area contributed by atoms with Crippen LogP contribution in [0.15, 0.2) is 28.5 Å². The molecule has 0 amide bonds. The van der Waals surface area contributed by atoms with Crippen LogP contribution in [-0.4, -0.2) is 23.0 Å². The Morgan fingerprint density at radius 2 is 2.20 bits per heavy atom. The van der Waals surface area contributed by atoms with E-state index in [-0.39, 0.29) is 4.21 Å². The predicted octanol–water partition coefficient (Wildman–Crippen LogP) is 2.78. The van der Waals surface area contributed by atoms with Crippen molar-refractivity contribution in [3.05, 3.63) is 35.1 Å². The molecule has 1 aromatic carbocycles. The lowest BCUT2D eigenvalue weighted by molar-refractivity contribution is 0.603. The minimum Gasteiger partial charge on any atom is -0.277 e. The highest BCUT2D eigenvalue weighted by molar-refractivity contribution is 7.94. The summed E-state index contributed by atoms with van der Waals surface area (Å²) < 4.78 is 31.1. The summed E-state index contributed by atoms with van der Waals surface area (Å²) in [5, 5.41) is 7.65. The van der Waals surface area contributed by atoms with Crippen LogP contribution in [0.5, 0.6) is 0 Å². The van der Waals surface area contributed by atoms with Crippen LogP contribution >= 0.6 is 23.1 Å². The van der Waals surface area contributed by atoms with E-state index in [1.165, 1.54) is 6.07 Å². The van der Waals surface area contributed by atoms with Gasteiger partial charge in [-0.05, 0) is 36.7 Å². The minimum absolute atomic E-state index is 0.161. The minimum atomic E-state index is -3.67. The van der Waals surface area contributed by atoms with E-state index in [0.29, 0.717) is 27.4 Å². The van der Waals surface area contributed by atoms with Crippen LogP contribution in [0, 0.1) is 6.92 Å². The number of rotatable bonds is 3. The Balaban J connectivity index is 2.05. The smallest absolute Gasteiger partial charge is 0.273 e. The zero-order chi connectivity index (χ0) is 14.3. The van der Waals surface area contributed by atoms with E-state index < -0.39 is 10.0 Å². The van der Waals surface area contributed by atoms with Gasteiger partial charge in [-0.3, -0.25) is 9.82 Å². The summed E-state index contributed by atoms with van der Waals surface area (Å²) in [4.78, 5) is 0. The van der Waals surface area contributed by atoms with Gasteiger partial charge in [-0.25, -0.2) is 8.42 Å². The molecule has 0 aliphatic rings. The molecule has 3 rings (SSSR count). The fourth-order valence-electron chi connectivity index (χ4n) is 1.75. The van der Waals surface area contributed by atoms with Crippen molar-refractivity contribution in [3.8, 4) is 0 Å². The third-order valence-corrected chi connectivity index (χ3v) is 5.64. The molecule has 0 saturated heterocycles. The normalized spacial score (nSPS) is 11.9. The topological polar surface area (TPSA) is 87.7 Å². The number of H-pyrrole nitrogens is 1. The molecule has 0 unspecified atom stereocenters. The maximum absolute atomic E-state index is 12.3. The third kappa shape index (κ3) is 2.26. The summed E-state index contributed by atoms with van der Waals surface area (Å²) in [6, 6.07) is 6.62. The van der Waals surface area contributed by atoms with Gasteiger partial charge >= 0.3 is 0 Å². The lowest BCUT2D eigenvalue weighted by Crippen LogP contribution is -2.11. The zero-order valence-electron chi connectivity index (χ0n) is 10.2. The quantitative estimate of drug-likeness (QED) is 0.773. The molecule has 0 saturated carbocycles. The summed E-state index contributed by atoms with van der Waals surface area (Å²) in [7, 11) is -3.67. The Kier molecular flexibility index (Phi) is 3.15. The van der Waals surface area contributed by atoms with Gasteiger partial charge in [-0.1, -0.05) is 17.7 Å². The van der Waals surface area contributed by atoms with E-state index in [4.69, 9.17) is 11.6 Å². The maximum atomic E-state index is 12.3. The van der Waals surface area contributed by atoms with Crippen molar-refractivity contribution in [2.45, 2.75) is 11.1 Å². The first-order chi connectivity index (χ1) is 9.47. The van der Waals surface area contributed by atoms with Crippen molar-refractivity contribution in [2.24, 2.45) is 0 Å². The standard InChI is InChI=1S/C11H9ClN4O2S2/c1-6-5-9(19-15-6)20(17,18)16-8-4-2-3-7-10(8)13-14-11(7)12/h2-5,16H,1H3,(H,13,14). The Morgan fingerprint density at radius 1 is 1.40 bits per heavy atom. The zero-order valence-corrected chi connectivity index (χ0v) is 12.6. The van der Waals surface area contributed by atoms with E-state index in [1.807, 2.05) is 0 Å². The van der Waals surface area contributed by atoms with Gasteiger partial charge in [0.15, 0.2) is 4.21 Å². The number of nitrogens with one attached hydrogen (secondary N) is 2. The van der Waals surface area contributed by atoms with Gasteiger partial charge in [-0.15, -0.1) is 0 Å². The summed E-state index contributed by atoms with van der Waals surface area (Å²) >= 11 is 6.86. The van der Waals surface area contributed by atoms with Gasteiger partial charge in [0.1, 0.15) is 10.7 Å². The number of hydrogen-bond acceptors (Lipinski definition) is 5. The number of anilines is 1. The summed E-state index contributed by atoms with van der Waals surface area (Å²) in [6.07, 6.45) is 0. The molecule has 3 aromatic rings. The molecule has 6 nitrogen and oxygen atoms in total. The molecule has 0 spiro atoms. The largest absolute Gasteiger partial charge is 0.277 e. The monoisotopic (exact) mass is 328 g/mol. The summed E-state index contributed by atoms with van der Waals surface area (Å²) in [6.45, 7) is 1.74. The Labute approximate surface area is 124 Å². The molecule has 0 bridgehead atoms. The van der Waals surface area contributed by atoms with Gasteiger partial charge in [0.25, 0.3) is 10.0 Å². The Morgan fingerprint density at radius 3 is 2.90 bits per heavy atom. The Bertz CT molecular complexity index is 885. The first-order valence-corrected chi connectivity index (χ1v) is 8.19. The van der Waals surface area contributed by atoms with Crippen molar-refractivity contribution in [1.82, 2.24) is 14.6 Å². The second-order valence-corrected chi connectivity index (χ2v) is 7.22. The lowest BCUT2D eigenvalue weighted by Gasteiger charge is -2.06. The molecular formula is C11H9ClN4O2S2. The van der Waals surface area contributed by atoms with E-state index in [2.05, 4.69) is 19.3 Å². The highest BCUT2D eigenvalue weighted by Crippen LogP contribution is 2.28. The SMILES string of the molecule is Cc1cc(S(=O)(=O)Nc2cccc3c(Cl)[nH]nc23)sn1. The molecule has 2 aromatic heterocycles. The third-order valence-electron chi connectivity index (χ3n) is 2.65. The van der Waals surface area contributed by atoms with Gasteiger partial charge in [-0.2, -0.15) is 9.47 Å². The molecule has 104 valence electrons. The number of aromatic amines is 1.